The van der Waals surface area contributed by atoms with Crippen LogP contribution in [-0.4, -0.2) is 39.3 Å². The van der Waals surface area contributed by atoms with Crippen LogP contribution in [0.4, 0.5) is 18.0 Å². The number of rotatable bonds is 3. The molecule has 1 aromatic carbocycles. The van der Waals surface area contributed by atoms with Crippen LogP contribution < -0.4 is 0 Å². The molecule has 158 valence electrons. The molecule has 1 aromatic heterocycles. The fraction of sp³-hybridized carbons (Fsp3) is 0.476. The number of aliphatic hydroxyl groups is 1. The molecule has 1 fully saturated rings. The molecular formula is C21H25F3N2O3. The molecule has 0 aliphatic carbocycles. The molecule has 8 heteroatoms. The van der Waals surface area contributed by atoms with Crippen molar-refractivity contribution in [2.24, 2.45) is 0 Å². The molecule has 2 heterocycles. The Morgan fingerprint density at radius 1 is 1.17 bits per heavy atom. The van der Waals surface area contributed by atoms with E-state index in [-0.39, 0.29) is 12.6 Å². The molecule has 1 amide bonds. The summed E-state index contributed by atoms with van der Waals surface area (Å²) in [5.74, 6) is 0. The van der Waals surface area contributed by atoms with Crippen LogP contribution in [0.2, 0.25) is 0 Å². The van der Waals surface area contributed by atoms with Gasteiger partial charge in [0.1, 0.15) is 5.60 Å². The Morgan fingerprint density at radius 3 is 2.41 bits per heavy atom. The van der Waals surface area contributed by atoms with E-state index in [9.17, 15) is 23.1 Å². The Hall–Kier alpha value is -2.48. The number of benzene rings is 1. The number of aliphatic hydroxyl groups excluding tert-OH is 1. The summed E-state index contributed by atoms with van der Waals surface area (Å²) < 4.78 is 43.5. The standard InChI is InChI=1S/C21H25F3N2O3/c1-20(2,3)29-19(28)26-12-16(27)11-18(26)17-9-8-15(25-17)10-13-4-6-14(7-5-13)21(22,23)24/h4-9,16,18,25,27H,10-12H2,1-3H3/t16-,18+/m1/s1. The number of hydrogen-bond donors (Lipinski definition) is 2. The highest BCUT2D eigenvalue weighted by molar-refractivity contribution is 5.69. The highest BCUT2D eigenvalue weighted by Gasteiger charge is 2.38. The Labute approximate surface area is 167 Å². The van der Waals surface area contributed by atoms with Crippen molar-refractivity contribution in [3.05, 3.63) is 58.9 Å². The van der Waals surface area contributed by atoms with Gasteiger partial charge in [0, 0.05) is 24.2 Å². The van der Waals surface area contributed by atoms with E-state index >= 15 is 0 Å². The number of ether oxygens (including phenoxy) is 1. The summed E-state index contributed by atoms with van der Waals surface area (Å²) >= 11 is 0. The second-order valence-electron chi connectivity index (χ2n) is 8.35. The Kier molecular flexibility index (Phi) is 5.67. The maximum absolute atomic E-state index is 12.7. The van der Waals surface area contributed by atoms with Crippen LogP contribution in [0.5, 0.6) is 0 Å². The van der Waals surface area contributed by atoms with Crippen LogP contribution in [0.15, 0.2) is 36.4 Å². The van der Waals surface area contributed by atoms with Crippen molar-refractivity contribution in [1.82, 2.24) is 9.88 Å². The van der Waals surface area contributed by atoms with Crippen molar-refractivity contribution in [3.8, 4) is 0 Å². The Balaban J connectivity index is 1.72. The van der Waals surface area contributed by atoms with Crippen LogP contribution in [0, 0.1) is 0 Å². The second kappa shape index (κ2) is 7.74. The zero-order chi connectivity index (χ0) is 21.4. The first kappa shape index (κ1) is 21.2. The van der Waals surface area contributed by atoms with Gasteiger partial charge in [-0.3, -0.25) is 4.90 Å². The lowest BCUT2D eigenvalue weighted by Crippen LogP contribution is -2.37. The number of nitrogens with zero attached hydrogens (tertiary/aromatic N) is 1. The number of carbonyl (C=O) groups is 1. The van der Waals surface area contributed by atoms with Gasteiger partial charge in [0.05, 0.1) is 24.3 Å². The summed E-state index contributed by atoms with van der Waals surface area (Å²) in [6, 6.07) is 8.37. The first-order valence-electron chi connectivity index (χ1n) is 9.44. The maximum atomic E-state index is 12.7. The molecule has 29 heavy (non-hydrogen) atoms. The topological polar surface area (TPSA) is 65.6 Å². The largest absolute Gasteiger partial charge is 0.444 e. The molecule has 1 saturated heterocycles. The van der Waals surface area contributed by atoms with Crippen molar-refractivity contribution in [2.45, 2.75) is 57.5 Å². The van der Waals surface area contributed by atoms with Gasteiger partial charge in [-0.05, 0) is 50.6 Å². The van der Waals surface area contributed by atoms with Crippen LogP contribution in [-0.2, 0) is 17.3 Å². The van der Waals surface area contributed by atoms with Crippen LogP contribution in [0.3, 0.4) is 0 Å². The molecular weight excluding hydrogens is 385 g/mol. The molecule has 2 N–H and O–H groups in total. The number of carbonyl (C=O) groups excluding carboxylic acids is 1. The number of nitrogens with one attached hydrogen (secondary N) is 1. The first-order valence-corrected chi connectivity index (χ1v) is 9.44. The molecule has 2 atom stereocenters. The molecule has 2 aromatic rings. The van der Waals surface area contributed by atoms with Gasteiger partial charge in [0.2, 0.25) is 0 Å². The molecule has 0 unspecified atom stereocenters. The van der Waals surface area contributed by atoms with Gasteiger partial charge in [0.15, 0.2) is 0 Å². The third-order valence-corrected chi connectivity index (χ3v) is 4.71. The van der Waals surface area contributed by atoms with Crippen LogP contribution >= 0.6 is 0 Å². The highest BCUT2D eigenvalue weighted by Crippen LogP contribution is 2.33. The molecule has 0 radical (unpaired) electrons. The third kappa shape index (κ3) is 5.32. The summed E-state index contributed by atoms with van der Waals surface area (Å²) in [5, 5.41) is 10.1. The lowest BCUT2D eigenvalue weighted by atomic mass is 10.1. The monoisotopic (exact) mass is 410 g/mol. The smallest absolute Gasteiger partial charge is 0.416 e. The van der Waals surface area contributed by atoms with E-state index in [0.29, 0.717) is 12.8 Å². The number of alkyl halides is 3. The number of amides is 1. The number of aromatic nitrogens is 1. The summed E-state index contributed by atoms with van der Waals surface area (Å²) in [7, 11) is 0. The fourth-order valence-corrected chi connectivity index (χ4v) is 3.42. The normalized spacial score (nSPS) is 20.2. The number of aromatic amines is 1. The minimum absolute atomic E-state index is 0.187. The van der Waals surface area contributed by atoms with Gasteiger partial charge in [-0.1, -0.05) is 12.1 Å². The number of β-amino-alcohol motifs (C(OH)–C–C–N with tert-alkyl or cyclic N) is 1. The van der Waals surface area contributed by atoms with Gasteiger partial charge in [-0.15, -0.1) is 0 Å². The van der Waals surface area contributed by atoms with E-state index < -0.39 is 29.5 Å². The Morgan fingerprint density at radius 2 is 1.83 bits per heavy atom. The van der Waals surface area contributed by atoms with Crippen molar-refractivity contribution >= 4 is 6.09 Å². The minimum Gasteiger partial charge on any atom is -0.444 e. The van der Waals surface area contributed by atoms with Gasteiger partial charge in [0.25, 0.3) is 0 Å². The van der Waals surface area contributed by atoms with Crippen LogP contribution in [0.25, 0.3) is 0 Å². The van der Waals surface area contributed by atoms with E-state index in [1.807, 2.05) is 12.1 Å². The molecule has 0 bridgehead atoms. The van der Waals surface area contributed by atoms with E-state index in [4.69, 9.17) is 4.74 Å². The number of likely N-dealkylation sites (tertiary alicyclic amines) is 1. The van der Waals surface area contributed by atoms with Crippen molar-refractivity contribution in [1.29, 1.82) is 0 Å². The average Bonchev–Trinajstić information content (AvgIpc) is 3.19. The molecule has 3 rings (SSSR count). The third-order valence-electron chi connectivity index (χ3n) is 4.71. The average molecular weight is 410 g/mol. The van der Waals surface area contributed by atoms with Gasteiger partial charge in [-0.2, -0.15) is 13.2 Å². The Bertz CT molecular complexity index is 853. The fourth-order valence-electron chi connectivity index (χ4n) is 3.42. The lowest BCUT2D eigenvalue weighted by Gasteiger charge is -2.28. The summed E-state index contributed by atoms with van der Waals surface area (Å²) in [6.07, 6.45) is -4.67. The van der Waals surface area contributed by atoms with Crippen molar-refractivity contribution in [3.63, 3.8) is 0 Å². The van der Waals surface area contributed by atoms with E-state index in [1.54, 1.807) is 20.8 Å². The highest BCUT2D eigenvalue weighted by atomic mass is 19.4. The van der Waals surface area contributed by atoms with Gasteiger partial charge < -0.3 is 14.8 Å². The first-order chi connectivity index (χ1) is 13.4. The number of H-pyrrole nitrogens is 1. The van der Waals surface area contributed by atoms with E-state index in [2.05, 4.69) is 4.98 Å². The molecule has 5 nitrogen and oxygen atoms in total. The minimum atomic E-state index is -4.35. The number of halogens is 3. The van der Waals surface area contributed by atoms with Crippen molar-refractivity contribution in [2.75, 3.05) is 6.54 Å². The second-order valence-corrected chi connectivity index (χ2v) is 8.35. The molecule has 1 aliphatic heterocycles. The van der Waals surface area contributed by atoms with Gasteiger partial charge in [-0.25, -0.2) is 4.79 Å². The zero-order valence-electron chi connectivity index (χ0n) is 16.6. The quantitative estimate of drug-likeness (QED) is 0.773. The lowest BCUT2D eigenvalue weighted by molar-refractivity contribution is -0.137. The molecule has 1 aliphatic rings. The number of hydrogen-bond acceptors (Lipinski definition) is 3. The van der Waals surface area contributed by atoms with E-state index in [0.717, 1.165) is 29.1 Å². The molecule has 0 saturated carbocycles. The van der Waals surface area contributed by atoms with Gasteiger partial charge >= 0.3 is 12.3 Å². The van der Waals surface area contributed by atoms with E-state index in [1.165, 1.54) is 17.0 Å². The summed E-state index contributed by atoms with van der Waals surface area (Å²) in [4.78, 5) is 17.2. The predicted molar refractivity (Wildman–Crippen MR) is 101 cm³/mol. The predicted octanol–water partition coefficient (Wildman–Crippen LogP) is 4.67. The SMILES string of the molecule is CC(C)(C)OC(=O)N1C[C@H](O)C[C@H]1c1ccc(Cc2ccc(C(F)(F)F)cc2)[nH]1. The molecule has 0 spiro atoms. The summed E-state index contributed by atoms with van der Waals surface area (Å²) in [6.45, 7) is 5.53. The zero-order valence-corrected chi connectivity index (χ0v) is 16.6. The van der Waals surface area contributed by atoms with Crippen molar-refractivity contribution < 1.29 is 27.8 Å². The summed E-state index contributed by atoms with van der Waals surface area (Å²) in [5.41, 5.74) is 0.987. The maximum Gasteiger partial charge on any atom is 0.416 e. The van der Waals surface area contributed by atoms with Crippen LogP contribution in [0.1, 0.15) is 55.7 Å².